The van der Waals surface area contributed by atoms with Gasteiger partial charge >= 0.3 is 0 Å². The van der Waals surface area contributed by atoms with E-state index in [9.17, 15) is 4.79 Å². The SMILES string of the molecule is Cc1cc(C)n(CCCNC(=O)Cc2c(C)nn(CC(C)C)c2C)n1. The van der Waals surface area contributed by atoms with Crippen LogP contribution in [0, 0.1) is 33.6 Å². The van der Waals surface area contributed by atoms with E-state index in [0.717, 1.165) is 47.8 Å². The number of carbonyl (C=O) groups excluding carboxylic acids is 1. The summed E-state index contributed by atoms with van der Waals surface area (Å²) in [6, 6.07) is 2.07. The summed E-state index contributed by atoms with van der Waals surface area (Å²) in [5.41, 5.74) is 5.30. The van der Waals surface area contributed by atoms with Gasteiger partial charge in [0.1, 0.15) is 0 Å². The molecule has 0 radical (unpaired) electrons. The molecule has 0 aliphatic heterocycles. The van der Waals surface area contributed by atoms with Crippen LogP contribution in [0.2, 0.25) is 0 Å². The molecule has 2 aromatic heterocycles. The molecule has 0 aromatic carbocycles. The zero-order chi connectivity index (χ0) is 18.6. The summed E-state index contributed by atoms with van der Waals surface area (Å²) in [5.74, 6) is 0.595. The lowest BCUT2D eigenvalue weighted by atomic mass is 10.1. The Hall–Kier alpha value is -2.11. The third-order valence-corrected chi connectivity index (χ3v) is 4.38. The highest BCUT2D eigenvalue weighted by molar-refractivity contribution is 5.79. The zero-order valence-electron chi connectivity index (χ0n) is 16.4. The van der Waals surface area contributed by atoms with Crippen LogP contribution in [0.5, 0.6) is 0 Å². The maximum absolute atomic E-state index is 12.3. The number of hydrogen-bond donors (Lipinski definition) is 1. The van der Waals surface area contributed by atoms with E-state index >= 15 is 0 Å². The molecule has 6 nitrogen and oxygen atoms in total. The van der Waals surface area contributed by atoms with Crippen molar-refractivity contribution in [2.45, 2.75) is 67.5 Å². The van der Waals surface area contributed by atoms with Crippen molar-refractivity contribution >= 4 is 5.91 Å². The van der Waals surface area contributed by atoms with Crippen LogP contribution in [0.4, 0.5) is 0 Å². The summed E-state index contributed by atoms with van der Waals surface area (Å²) in [4.78, 5) is 12.3. The fourth-order valence-electron chi connectivity index (χ4n) is 3.09. The maximum atomic E-state index is 12.3. The molecule has 0 atom stereocenters. The molecule has 0 fully saturated rings. The Labute approximate surface area is 150 Å². The normalized spacial score (nSPS) is 11.3. The second kappa shape index (κ2) is 8.32. The largest absolute Gasteiger partial charge is 0.356 e. The van der Waals surface area contributed by atoms with Crippen LogP contribution in [0.3, 0.4) is 0 Å². The lowest BCUT2D eigenvalue weighted by Gasteiger charge is -2.09. The average Bonchev–Trinajstić information content (AvgIpc) is 2.96. The van der Waals surface area contributed by atoms with Gasteiger partial charge < -0.3 is 5.32 Å². The van der Waals surface area contributed by atoms with Crippen LogP contribution in [-0.4, -0.2) is 32.0 Å². The molecule has 2 heterocycles. The Bertz CT molecular complexity index is 726. The van der Waals surface area contributed by atoms with Gasteiger partial charge in [-0.25, -0.2) is 0 Å². The molecule has 0 saturated carbocycles. The third kappa shape index (κ3) is 5.18. The van der Waals surface area contributed by atoms with Crippen LogP contribution >= 0.6 is 0 Å². The molecule has 2 aromatic rings. The van der Waals surface area contributed by atoms with Gasteiger partial charge in [-0.1, -0.05) is 13.8 Å². The van der Waals surface area contributed by atoms with Gasteiger partial charge in [0.15, 0.2) is 0 Å². The predicted octanol–water partition coefficient (Wildman–Crippen LogP) is 2.72. The number of nitrogens with one attached hydrogen (secondary N) is 1. The predicted molar refractivity (Wildman–Crippen MR) is 99.6 cm³/mol. The number of rotatable bonds is 8. The fraction of sp³-hybridized carbons (Fsp3) is 0.632. The Balaban J connectivity index is 1.82. The number of nitrogens with zero attached hydrogens (tertiary/aromatic N) is 4. The van der Waals surface area contributed by atoms with Gasteiger partial charge in [-0.15, -0.1) is 0 Å². The van der Waals surface area contributed by atoms with Crippen LogP contribution in [-0.2, 0) is 24.3 Å². The molecule has 1 N–H and O–H groups in total. The van der Waals surface area contributed by atoms with Crippen molar-refractivity contribution in [2.75, 3.05) is 6.54 Å². The van der Waals surface area contributed by atoms with E-state index in [0.29, 0.717) is 18.9 Å². The molecule has 2 rings (SSSR count). The number of amides is 1. The van der Waals surface area contributed by atoms with Crippen LogP contribution in [0.25, 0.3) is 0 Å². The lowest BCUT2D eigenvalue weighted by molar-refractivity contribution is -0.120. The summed E-state index contributed by atoms with van der Waals surface area (Å²) in [7, 11) is 0. The number of aromatic nitrogens is 4. The first-order chi connectivity index (χ1) is 11.8. The molecule has 0 saturated heterocycles. The molecule has 6 heteroatoms. The minimum absolute atomic E-state index is 0.0589. The molecule has 1 amide bonds. The van der Waals surface area contributed by atoms with E-state index in [1.54, 1.807) is 0 Å². The molecular weight excluding hydrogens is 314 g/mol. The van der Waals surface area contributed by atoms with E-state index in [1.165, 1.54) is 0 Å². The second-order valence-corrected chi connectivity index (χ2v) is 7.26. The van der Waals surface area contributed by atoms with Crippen molar-refractivity contribution in [1.29, 1.82) is 0 Å². The Kier molecular flexibility index (Phi) is 6.39. The van der Waals surface area contributed by atoms with Crippen molar-refractivity contribution in [2.24, 2.45) is 5.92 Å². The average molecular weight is 345 g/mol. The van der Waals surface area contributed by atoms with E-state index in [2.05, 4.69) is 42.4 Å². The summed E-state index contributed by atoms with van der Waals surface area (Å²) >= 11 is 0. The van der Waals surface area contributed by atoms with Gasteiger partial charge in [0.2, 0.25) is 5.91 Å². The van der Waals surface area contributed by atoms with Crippen LogP contribution in [0.1, 0.15) is 48.6 Å². The third-order valence-electron chi connectivity index (χ3n) is 4.38. The number of carbonyl (C=O) groups is 1. The van der Waals surface area contributed by atoms with E-state index < -0.39 is 0 Å². The molecule has 0 unspecified atom stereocenters. The summed E-state index contributed by atoms with van der Waals surface area (Å²) < 4.78 is 4.01. The van der Waals surface area contributed by atoms with Crippen LogP contribution in [0.15, 0.2) is 6.07 Å². The first kappa shape index (κ1) is 19.2. The molecule has 0 bridgehead atoms. The van der Waals surface area contributed by atoms with E-state index in [-0.39, 0.29) is 5.91 Å². The van der Waals surface area contributed by atoms with Gasteiger partial charge in [0, 0.05) is 36.6 Å². The lowest BCUT2D eigenvalue weighted by Crippen LogP contribution is -2.27. The first-order valence-electron chi connectivity index (χ1n) is 9.08. The van der Waals surface area contributed by atoms with Gasteiger partial charge in [-0.3, -0.25) is 14.2 Å². The monoisotopic (exact) mass is 345 g/mol. The summed E-state index contributed by atoms with van der Waals surface area (Å²) in [5, 5.41) is 12.0. The highest BCUT2D eigenvalue weighted by atomic mass is 16.1. The standard InChI is InChI=1S/C19H31N5O/c1-13(2)12-24-17(6)18(16(5)22-24)11-19(25)20-8-7-9-23-15(4)10-14(3)21-23/h10,13H,7-9,11-12H2,1-6H3,(H,20,25). The van der Waals surface area contributed by atoms with E-state index in [1.807, 2.05) is 30.1 Å². The van der Waals surface area contributed by atoms with Crippen molar-refractivity contribution in [3.05, 3.63) is 34.4 Å². The van der Waals surface area contributed by atoms with E-state index in [4.69, 9.17) is 0 Å². The number of aryl methyl sites for hydroxylation is 4. The zero-order valence-corrected chi connectivity index (χ0v) is 16.4. The maximum Gasteiger partial charge on any atom is 0.224 e. The minimum Gasteiger partial charge on any atom is -0.356 e. The summed E-state index contributed by atoms with van der Waals surface area (Å²) in [6.07, 6.45) is 1.27. The highest BCUT2D eigenvalue weighted by Gasteiger charge is 2.15. The Morgan fingerprint density at radius 3 is 2.48 bits per heavy atom. The number of hydrogen-bond acceptors (Lipinski definition) is 3. The Morgan fingerprint density at radius 1 is 1.16 bits per heavy atom. The smallest absolute Gasteiger partial charge is 0.224 e. The second-order valence-electron chi connectivity index (χ2n) is 7.26. The first-order valence-corrected chi connectivity index (χ1v) is 9.08. The Morgan fingerprint density at radius 2 is 1.88 bits per heavy atom. The van der Waals surface area contributed by atoms with Gasteiger partial charge in [-0.2, -0.15) is 10.2 Å². The molecule has 0 spiro atoms. The van der Waals surface area contributed by atoms with Crippen molar-refractivity contribution < 1.29 is 4.79 Å². The molecule has 0 aliphatic carbocycles. The van der Waals surface area contributed by atoms with Gasteiger partial charge in [0.05, 0.1) is 17.8 Å². The minimum atomic E-state index is 0.0589. The van der Waals surface area contributed by atoms with Crippen molar-refractivity contribution in [3.63, 3.8) is 0 Å². The molecular formula is C19H31N5O. The molecule has 25 heavy (non-hydrogen) atoms. The summed E-state index contributed by atoms with van der Waals surface area (Å²) in [6.45, 7) is 14.8. The van der Waals surface area contributed by atoms with Crippen LogP contribution < -0.4 is 5.32 Å². The quantitative estimate of drug-likeness (QED) is 0.748. The van der Waals surface area contributed by atoms with Crippen molar-refractivity contribution in [3.8, 4) is 0 Å². The van der Waals surface area contributed by atoms with Gasteiger partial charge in [0.25, 0.3) is 0 Å². The topological polar surface area (TPSA) is 64.7 Å². The van der Waals surface area contributed by atoms with Crippen molar-refractivity contribution in [1.82, 2.24) is 24.9 Å². The molecule has 0 aliphatic rings. The highest BCUT2D eigenvalue weighted by Crippen LogP contribution is 2.15. The van der Waals surface area contributed by atoms with Gasteiger partial charge in [-0.05, 0) is 46.1 Å². The molecule has 138 valence electrons. The fourth-order valence-corrected chi connectivity index (χ4v) is 3.09.